The Bertz CT molecular complexity index is 466. The Labute approximate surface area is 120 Å². The molecule has 1 rings (SSSR count). The van der Waals surface area contributed by atoms with Gasteiger partial charge in [-0.15, -0.1) is 0 Å². The fraction of sp³-hybridized carbons (Fsp3) is 0.462. The Morgan fingerprint density at radius 1 is 1.33 bits per heavy atom. The maximum atomic E-state index is 12.8. The lowest BCUT2D eigenvalue weighted by Gasteiger charge is -2.18. The number of halogens is 3. The van der Waals surface area contributed by atoms with E-state index < -0.39 is 23.9 Å². The summed E-state index contributed by atoms with van der Waals surface area (Å²) in [6.45, 7) is 0.246. The standard InChI is InChI=1S/C13H17F3N2O3/c1-21-7-6-17-12(20)18-8-11(19)9-4-2-3-5-10(9)13(14,15)16/h2-5,11,19H,6-8H2,1H3,(H2,17,18,20)/t11-/m1/s1. The number of hydrogen-bond acceptors (Lipinski definition) is 3. The molecule has 0 saturated heterocycles. The summed E-state index contributed by atoms with van der Waals surface area (Å²) in [5.41, 5.74) is -1.19. The smallest absolute Gasteiger partial charge is 0.387 e. The molecule has 21 heavy (non-hydrogen) atoms. The largest absolute Gasteiger partial charge is 0.416 e. The zero-order chi connectivity index (χ0) is 15.9. The van der Waals surface area contributed by atoms with Crippen LogP contribution in [-0.2, 0) is 10.9 Å². The number of hydrogen-bond donors (Lipinski definition) is 3. The van der Waals surface area contributed by atoms with Crippen LogP contribution >= 0.6 is 0 Å². The summed E-state index contributed by atoms with van der Waals surface area (Å²) in [6.07, 6.45) is -6.01. The van der Waals surface area contributed by atoms with Crippen molar-refractivity contribution in [3.8, 4) is 0 Å². The summed E-state index contributed by atoms with van der Waals surface area (Å²) in [5, 5.41) is 14.5. The molecule has 0 spiro atoms. The summed E-state index contributed by atoms with van der Waals surface area (Å²) >= 11 is 0. The van der Waals surface area contributed by atoms with E-state index in [1.165, 1.54) is 25.3 Å². The third-order valence-corrected chi connectivity index (χ3v) is 2.67. The number of ether oxygens (including phenoxy) is 1. The SMILES string of the molecule is COCCNC(=O)NC[C@@H](O)c1ccccc1C(F)(F)F. The van der Waals surface area contributed by atoms with Crippen molar-refractivity contribution >= 4 is 6.03 Å². The highest BCUT2D eigenvalue weighted by Gasteiger charge is 2.34. The van der Waals surface area contributed by atoms with E-state index in [1.54, 1.807) is 0 Å². The van der Waals surface area contributed by atoms with Gasteiger partial charge in [-0.1, -0.05) is 18.2 Å². The van der Waals surface area contributed by atoms with E-state index in [0.717, 1.165) is 6.07 Å². The monoisotopic (exact) mass is 306 g/mol. The third-order valence-electron chi connectivity index (χ3n) is 2.67. The van der Waals surface area contributed by atoms with E-state index in [2.05, 4.69) is 10.6 Å². The highest BCUT2D eigenvalue weighted by Crippen LogP contribution is 2.34. The van der Waals surface area contributed by atoms with Crippen LogP contribution in [0.4, 0.5) is 18.0 Å². The van der Waals surface area contributed by atoms with Gasteiger partial charge in [0.05, 0.1) is 18.3 Å². The van der Waals surface area contributed by atoms with E-state index in [1.807, 2.05) is 0 Å². The predicted octanol–water partition coefficient (Wildman–Crippen LogP) is 1.68. The zero-order valence-corrected chi connectivity index (χ0v) is 11.4. The second-order valence-corrected chi connectivity index (χ2v) is 4.23. The normalized spacial score (nSPS) is 12.8. The van der Waals surface area contributed by atoms with Crippen LogP contribution in [0.15, 0.2) is 24.3 Å². The van der Waals surface area contributed by atoms with Gasteiger partial charge >= 0.3 is 12.2 Å². The first-order valence-corrected chi connectivity index (χ1v) is 6.21. The molecule has 0 aliphatic carbocycles. The summed E-state index contributed by atoms with van der Waals surface area (Å²) < 4.78 is 43.1. The molecule has 0 saturated carbocycles. The van der Waals surface area contributed by atoms with Crippen LogP contribution in [0.25, 0.3) is 0 Å². The van der Waals surface area contributed by atoms with E-state index in [9.17, 15) is 23.1 Å². The van der Waals surface area contributed by atoms with E-state index in [0.29, 0.717) is 6.61 Å². The number of nitrogens with one attached hydrogen (secondary N) is 2. The van der Waals surface area contributed by atoms with Gasteiger partial charge in [-0.2, -0.15) is 13.2 Å². The summed E-state index contributed by atoms with van der Waals surface area (Å²) in [5.74, 6) is 0. The first kappa shape index (κ1) is 17.3. The molecule has 0 fully saturated rings. The number of rotatable bonds is 6. The van der Waals surface area contributed by atoms with Crippen molar-refractivity contribution in [3.05, 3.63) is 35.4 Å². The van der Waals surface area contributed by atoms with Crippen LogP contribution in [0.2, 0.25) is 0 Å². The van der Waals surface area contributed by atoms with Crippen LogP contribution in [-0.4, -0.2) is 37.9 Å². The van der Waals surface area contributed by atoms with Crippen LogP contribution in [0.5, 0.6) is 0 Å². The fourth-order valence-corrected chi connectivity index (χ4v) is 1.67. The highest BCUT2D eigenvalue weighted by molar-refractivity contribution is 5.73. The number of carbonyl (C=O) groups excluding carboxylic acids is 1. The number of aliphatic hydroxyl groups is 1. The van der Waals surface area contributed by atoms with Gasteiger partial charge in [-0.3, -0.25) is 0 Å². The van der Waals surface area contributed by atoms with Gasteiger partial charge in [0.25, 0.3) is 0 Å². The molecule has 0 aliphatic rings. The van der Waals surface area contributed by atoms with Crippen molar-refractivity contribution in [1.82, 2.24) is 10.6 Å². The van der Waals surface area contributed by atoms with Crippen molar-refractivity contribution in [1.29, 1.82) is 0 Å². The van der Waals surface area contributed by atoms with Crippen LogP contribution in [0.3, 0.4) is 0 Å². The minimum Gasteiger partial charge on any atom is -0.387 e. The van der Waals surface area contributed by atoms with Gasteiger partial charge in [-0.25, -0.2) is 4.79 Å². The Morgan fingerprint density at radius 2 is 2.00 bits per heavy atom. The average molecular weight is 306 g/mol. The lowest BCUT2D eigenvalue weighted by molar-refractivity contribution is -0.139. The first-order chi connectivity index (χ1) is 9.86. The van der Waals surface area contributed by atoms with E-state index >= 15 is 0 Å². The second kappa shape index (κ2) is 7.84. The molecule has 1 aromatic rings. The molecule has 1 aromatic carbocycles. The van der Waals surface area contributed by atoms with Crippen molar-refractivity contribution in [2.24, 2.45) is 0 Å². The molecule has 0 aliphatic heterocycles. The second-order valence-electron chi connectivity index (χ2n) is 4.23. The van der Waals surface area contributed by atoms with Crippen molar-refractivity contribution in [3.63, 3.8) is 0 Å². The molecule has 118 valence electrons. The molecule has 5 nitrogen and oxygen atoms in total. The molecule has 3 N–H and O–H groups in total. The Hall–Kier alpha value is -1.80. The summed E-state index contributed by atoms with van der Waals surface area (Å²) in [6, 6.07) is 4.11. The minimum absolute atomic E-state index is 0.261. The lowest BCUT2D eigenvalue weighted by Crippen LogP contribution is -2.39. The van der Waals surface area contributed by atoms with Crippen LogP contribution < -0.4 is 10.6 Å². The quantitative estimate of drug-likeness (QED) is 0.700. The Balaban J connectivity index is 2.60. The first-order valence-electron chi connectivity index (χ1n) is 6.21. The number of methoxy groups -OCH3 is 1. The van der Waals surface area contributed by atoms with Gasteiger partial charge < -0.3 is 20.5 Å². The number of carbonyl (C=O) groups is 1. The summed E-state index contributed by atoms with van der Waals surface area (Å²) in [4.78, 5) is 11.3. The third kappa shape index (κ3) is 5.60. The summed E-state index contributed by atoms with van der Waals surface area (Å²) in [7, 11) is 1.47. The average Bonchev–Trinajstić information content (AvgIpc) is 2.44. The maximum Gasteiger partial charge on any atom is 0.416 e. The van der Waals surface area contributed by atoms with Gasteiger partial charge in [-0.05, 0) is 11.6 Å². The van der Waals surface area contributed by atoms with Crippen molar-refractivity contribution < 1.29 is 27.8 Å². The fourth-order valence-electron chi connectivity index (χ4n) is 1.67. The lowest BCUT2D eigenvalue weighted by atomic mass is 10.0. The number of alkyl halides is 3. The van der Waals surface area contributed by atoms with Gasteiger partial charge in [0.1, 0.15) is 0 Å². The number of urea groups is 1. The number of benzene rings is 1. The molecular weight excluding hydrogens is 289 g/mol. The molecular formula is C13H17F3N2O3. The molecule has 1 atom stereocenters. The maximum absolute atomic E-state index is 12.8. The predicted molar refractivity (Wildman–Crippen MR) is 69.7 cm³/mol. The van der Waals surface area contributed by atoms with Gasteiger partial charge in [0, 0.05) is 20.2 Å². The Morgan fingerprint density at radius 3 is 2.62 bits per heavy atom. The zero-order valence-electron chi connectivity index (χ0n) is 11.4. The molecule has 0 unspecified atom stereocenters. The highest BCUT2D eigenvalue weighted by atomic mass is 19.4. The molecule has 0 aromatic heterocycles. The van der Waals surface area contributed by atoms with Crippen LogP contribution in [0.1, 0.15) is 17.2 Å². The van der Waals surface area contributed by atoms with Crippen molar-refractivity contribution in [2.45, 2.75) is 12.3 Å². The number of aliphatic hydroxyl groups excluding tert-OH is 1. The topological polar surface area (TPSA) is 70.6 Å². The van der Waals surface area contributed by atoms with E-state index in [-0.39, 0.29) is 18.7 Å². The van der Waals surface area contributed by atoms with Gasteiger partial charge in [0.2, 0.25) is 0 Å². The van der Waals surface area contributed by atoms with Gasteiger partial charge in [0.15, 0.2) is 0 Å². The van der Waals surface area contributed by atoms with E-state index in [4.69, 9.17) is 4.74 Å². The Kier molecular flexibility index (Phi) is 6.44. The molecule has 8 heteroatoms. The molecule has 0 heterocycles. The molecule has 0 bridgehead atoms. The minimum atomic E-state index is -4.56. The number of amides is 2. The van der Waals surface area contributed by atoms with Crippen molar-refractivity contribution in [2.75, 3.05) is 26.8 Å². The van der Waals surface area contributed by atoms with Crippen LogP contribution in [0, 0.1) is 0 Å². The molecule has 2 amide bonds. The molecule has 0 radical (unpaired) electrons.